The monoisotopic (exact) mass is 133 g/mol. The third-order valence-electron chi connectivity index (χ3n) is 0.456. The van der Waals surface area contributed by atoms with Gasteiger partial charge in [-0.25, -0.2) is 0 Å². The van der Waals surface area contributed by atoms with Gasteiger partial charge in [-0.15, -0.1) is 5.10 Å². The van der Waals surface area contributed by atoms with Gasteiger partial charge in [0.2, 0.25) is 0 Å². The van der Waals surface area contributed by atoms with Gasteiger partial charge in [-0.2, -0.15) is 0 Å². The van der Waals surface area contributed by atoms with Gasteiger partial charge in [0.15, 0.2) is 4.34 Å². The van der Waals surface area contributed by atoms with Crippen molar-refractivity contribution in [1.82, 2.24) is 14.8 Å². The van der Waals surface area contributed by atoms with Crippen LogP contribution in [0, 0.1) is 0 Å². The summed E-state index contributed by atoms with van der Waals surface area (Å²) >= 11 is 2.87. The van der Waals surface area contributed by atoms with Gasteiger partial charge in [0, 0.05) is 11.5 Å². The van der Waals surface area contributed by atoms with Gasteiger partial charge >= 0.3 is 0 Å². The van der Waals surface area contributed by atoms with Crippen LogP contribution in [0.1, 0.15) is 0 Å². The maximum atomic E-state index is 3.66. The summed E-state index contributed by atoms with van der Waals surface area (Å²) in [5.41, 5.74) is 0. The quantitative estimate of drug-likeness (QED) is 0.527. The predicted molar refractivity (Wildman–Crippen MR) is 29.5 cm³/mol. The fourth-order valence-corrected chi connectivity index (χ4v) is 0.937. The number of aromatic nitrogens is 3. The van der Waals surface area contributed by atoms with Gasteiger partial charge in [-0.1, -0.05) is 16.3 Å². The number of rotatable bonds is 1. The van der Waals surface area contributed by atoms with Crippen LogP contribution >= 0.6 is 23.3 Å². The molecule has 0 bridgehead atoms. The van der Waals surface area contributed by atoms with Crippen molar-refractivity contribution < 1.29 is 0 Å². The highest BCUT2D eigenvalue weighted by Crippen LogP contribution is 2.11. The molecule has 1 heterocycles. The van der Waals surface area contributed by atoms with E-state index in [1.165, 1.54) is 11.5 Å². The van der Waals surface area contributed by atoms with E-state index in [1.807, 2.05) is 6.26 Å². The van der Waals surface area contributed by atoms with Crippen LogP contribution in [-0.4, -0.2) is 21.1 Å². The number of nitrogens with zero attached hydrogens (tertiary/aromatic N) is 3. The summed E-state index contributed by atoms with van der Waals surface area (Å²) in [4.78, 5) is 0. The maximum Gasteiger partial charge on any atom is 0.193 e. The third kappa shape index (κ3) is 1.10. The van der Waals surface area contributed by atoms with Crippen molar-refractivity contribution in [3.05, 3.63) is 0 Å². The molecule has 0 saturated heterocycles. The smallest absolute Gasteiger partial charge is 0.110 e. The molecular weight excluding hydrogens is 130 g/mol. The zero-order chi connectivity index (χ0) is 5.11. The summed E-state index contributed by atoms with van der Waals surface area (Å²) in [6, 6.07) is 0. The number of hydrogen-bond acceptors (Lipinski definition) is 5. The van der Waals surface area contributed by atoms with Crippen molar-refractivity contribution in [2.45, 2.75) is 4.34 Å². The van der Waals surface area contributed by atoms with Crippen LogP contribution in [0.2, 0.25) is 0 Å². The van der Waals surface area contributed by atoms with Crippen LogP contribution in [0.4, 0.5) is 0 Å². The molecule has 7 heavy (non-hydrogen) atoms. The Morgan fingerprint density at radius 3 is 2.86 bits per heavy atom. The standard InChI is InChI=1S/C2H3N3S2/c1-6-2-3-4-5-7-2/h1H3. The Hall–Kier alpha value is -0.160. The molecule has 0 N–H and O–H groups in total. The average molecular weight is 133 g/mol. The van der Waals surface area contributed by atoms with E-state index in [0.29, 0.717) is 0 Å². The minimum atomic E-state index is 0.917. The highest BCUT2D eigenvalue weighted by Gasteiger charge is 1.89. The van der Waals surface area contributed by atoms with Crippen LogP contribution in [0.5, 0.6) is 0 Å². The average Bonchev–Trinajstić information content (AvgIpc) is 2.14. The van der Waals surface area contributed by atoms with Crippen molar-refractivity contribution in [3.8, 4) is 0 Å². The van der Waals surface area contributed by atoms with E-state index in [4.69, 9.17) is 0 Å². The van der Waals surface area contributed by atoms with E-state index in [1.54, 1.807) is 11.8 Å². The van der Waals surface area contributed by atoms with Gasteiger partial charge in [0.1, 0.15) is 0 Å². The van der Waals surface area contributed by atoms with Crippen molar-refractivity contribution in [1.29, 1.82) is 0 Å². The second-order valence-electron chi connectivity index (χ2n) is 0.832. The zero-order valence-electron chi connectivity index (χ0n) is 3.66. The molecule has 3 nitrogen and oxygen atoms in total. The maximum absolute atomic E-state index is 3.66. The number of hydrogen-bond donors (Lipinski definition) is 0. The normalized spacial score (nSPS) is 9.29. The summed E-state index contributed by atoms with van der Waals surface area (Å²) in [6.07, 6.45) is 1.95. The molecule has 0 unspecified atom stereocenters. The minimum Gasteiger partial charge on any atom is -0.110 e. The molecule has 0 aliphatic rings. The van der Waals surface area contributed by atoms with Crippen LogP contribution < -0.4 is 0 Å². The Morgan fingerprint density at radius 2 is 2.57 bits per heavy atom. The molecule has 1 aromatic heterocycles. The molecule has 0 radical (unpaired) electrons. The second kappa shape index (κ2) is 2.23. The third-order valence-corrected chi connectivity index (χ3v) is 2.00. The first kappa shape index (κ1) is 4.99. The first-order chi connectivity index (χ1) is 3.43. The molecule has 38 valence electrons. The van der Waals surface area contributed by atoms with Gasteiger partial charge in [-0.3, -0.25) is 0 Å². The first-order valence-corrected chi connectivity index (χ1v) is 3.62. The summed E-state index contributed by atoms with van der Waals surface area (Å²) in [5, 5.41) is 7.05. The topological polar surface area (TPSA) is 38.7 Å². The van der Waals surface area contributed by atoms with E-state index in [2.05, 4.69) is 14.8 Å². The van der Waals surface area contributed by atoms with E-state index < -0.39 is 0 Å². The highest BCUT2D eigenvalue weighted by atomic mass is 32.2. The molecule has 0 spiro atoms. The Morgan fingerprint density at radius 1 is 1.71 bits per heavy atom. The number of thioether (sulfide) groups is 1. The Kier molecular flexibility index (Phi) is 1.59. The lowest BCUT2D eigenvalue weighted by Crippen LogP contribution is -1.66. The molecule has 5 heteroatoms. The first-order valence-electron chi connectivity index (χ1n) is 1.62. The van der Waals surface area contributed by atoms with Gasteiger partial charge in [0.25, 0.3) is 0 Å². The SMILES string of the molecule is CSc1nnns1. The van der Waals surface area contributed by atoms with Crippen molar-refractivity contribution in [2.24, 2.45) is 0 Å². The van der Waals surface area contributed by atoms with Crippen LogP contribution in [-0.2, 0) is 0 Å². The molecule has 1 aromatic rings. The molecule has 0 saturated carbocycles. The van der Waals surface area contributed by atoms with E-state index in [0.717, 1.165) is 4.34 Å². The predicted octanol–water partition coefficient (Wildman–Crippen LogP) is 0.655. The largest absolute Gasteiger partial charge is 0.193 e. The van der Waals surface area contributed by atoms with Crippen LogP contribution in [0.3, 0.4) is 0 Å². The summed E-state index contributed by atoms with van der Waals surface area (Å²) in [7, 11) is 0. The lowest BCUT2D eigenvalue weighted by molar-refractivity contribution is 0.915. The molecule has 0 aliphatic carbocycles. The molecule has 0 aliphatic heterocycles. The Balaban J connectivity index is 2.76. The summed E-state index contributed by atoms with van der Waals surface area (Å²) in [5.74, 6) is 0. The molecule has 0 fully saturated rings. The molecule has 0 atom stereocenters. The van der Waals surface area contributed by atoms with Crippen LogP contribution in [0.25, 0.3) is 0 Å². The molecule has 0 amide bonds. The second-order valence-corrected chi connectivity index (χ2v) is 2.62. The van der Waals surface area contributed by atoms with E-state index >= 15 is 0 Å². The summed E-state index contributed by atoms with van der Waals surface area (Å²) in [6.45, 7) is 0. The zero-order valence-corrected chi connectivity index (χ0v) is 5.29. The van der Waals surface area contributed by atoms with Crippen molar-refractivity contribution in [2.75, 3.05) is 6.26 Å². The fraction of sp³-hybridized carbons (Fsp3) is 0.500. The molecule has 1 rings (SSSR count). The fourth-order valence-electron chi connectivity index (χ4n) is 0.204. The molecule has 0 aromatic carbocycles. The van der Waals surface area contributed by atoms with E-state index in [9.17, 15) is 0 Å². The van der Waals surface area contributed by atoms with Crippen molar-refractivity contribution >= 4 is 23.3 Å². The minimum absolute atomic E-state index is 0.917. The Bertz CT molecular complexity index is 125. The lowest BCUT2D eigenvalue weighted by Gasteiger charge is -1.72. The summed E-state index contributed by atoms with van der Waals surface area (Å²) < 4.78 is 4.47. The lowest BCUT2D eigenvalue weighted by atomic mass is 11.6. The van der Waals surface area contributed by atoms with Gasteiger partial charge in [0.05, 0.1) is 0 Å². The van der Waals surface area contributed by atoms with Gasteiger partial charge in [-0.05, 0) is 11.5 Å². The van der Waals surface area contributed by atoms with Crippen LogP contribution in [0.15, 0.2) is 4.34 Å². The Labute approximate surface area is 49.3 Å². The van der Waals surface area contributed by atoms with Gasteiger partial charge < -0.3 is 0 Å². The highest BCUT2D eigenvalue weighted by molar-refractivity contribution is 8.00. The van der Waals surface area contributed by atoms with Crippen molar-refractivity contribution in [3.63, 3.8) is 0 Å². The molecular formula is C2H3N3S2. The van der Waals surface area contributed by atoms with E-state index in [-0.39, 0.29) is 0 Å².